The lowest BCUT2D eigenvalue weighted by molar-refractivity contribution is -0.117. The number of halogens is 2. The van der Waals surface area contributed by atoms with Crippen molar-refractivity contribution in [2.75, 3.05) is 17.2 Å². The first-order chi connectivity index (χ1) is 14.9. The summed E-state index contributed by atoms with van der Waals surface area (Å²) >= 11 is 0. The molecule has 0 aliphatic carbocycles. The van der Waals surface area contributed by atoms with E-state index in [0.717, 1.165) is 22.6 Å². The number of fused-ring (bicyclic) bond motifs is 1. The van der Waals surface area contributed by atoms with Crippen LogP contribution < -0.4 is 10.6 Å². The monoisotopic (exact) mass is 420 g/mol. The standard InChI is InChI=1S/C22H18F2N6O/c1-29-10-17(20-21(25)27-11-28-22(20)29)12-2-3-18(26-8-12)30-9-14(6-19(30)31)13-4-15(23)7-16(24)5-13/h2-5,7-8,10-11,14H,6,9H2,1H3,(H2,25,27,28). The number of aryl methyl sites for hydroxylation is 1. The molecule has 4 heterocycles. The molecule has 1 saturated heterocycles. The first kappa shape index (κ1) is 19.1. The fraction of sp³-hybridized carbons (Fsp3) is 0.182. The van der Waals surface area contributed by atoms with Crippen LogP contribution in [-0.4, -0.2) is 32.0 Å². The number of nitrogen functional groups attached to an aromatic ring is 1. The molecule has 156 valence electrons. The Labute approximate surface area is 176 Å². The zero-order chi connectivity index (χ0) is 21.7. The van der Waals surface area contributed by atoms with Crippen molar-refractivity contribution in [3.8, 4) is 11.1 Å². The van der Waals surface area contributed by atoms with E-state index in [1.54, 1.807) is 12.3 Å². The van der Waals surface area contributed by atoms with Gasteiger partial charge in [-0.1, -0.05) is 0 Å². The van der Waals surface area contributed by atoms with Gasteiger partial charge >= 0.3 is 0 Å². The number of aromatic nitrogens is 4. The van der Waals surface area contributed by atoms with Crippen LogP contribution in [0.15, 0.2) is 49.1 Å². The third-order valence-corrected chi connectivity index (χ3v) is 5.60. The molecule has 1 aliphatic heterocycles. The summed E-state index contributed by atoms with van der Waals surface area (Å²) in [5.41, 5.74) is 8.89. The van der Waals surface area contributed by atoms with Gasteiger partial charge in [0.2, 0.25) is 5.91 Å². The average Bonchev–Trinajstić information content (AvgIpc) is 3.29. The molecule has 3 aromatic heterocycles. The topological polar surface area (TPSA) is 89.9 Å². The average molecular weight is 420 g/mol. The summed E-state index contributed by atoms with van der Waals surface area (Å²) < 4.78 is 29.0. The largest absolute Gasteiger partial charge is 0.383 e. The van der Waals surface area contributed by atoms with Crippen LogP contribution >= 0.6 is 0 Å². The smallest absolute Gasteiger partial charge is 0.228 e. The normalized spacial score (nSPS) is 16.4. The maximum absolute atomic E-state index is 13.6. The quantitative estimate of drug-likeness (QED) is 0.549. The number of pyridine rings is 1. The first-order valence-electron chi connectivity index (χ1n) is 9.69. The van der Waals surface area contributed by atoms with Gasteiger partial charge in [-0.05, 0) is 29.8 Å². The number of benzene rings is 1. The Morgan fingerprint density at radius 1 is 1.10 bits per heavy atom. The van der Waals surface area contributed by atoms with Crippen LogP contribution in [0.1, 0.15) is 17.9 Å². The Morgan fingerprint density at radius 2 is 1.87 bits per heavy atom. The van der Waals surface area contributed by atoms with Crippen LogP contribution in [0.25, 0.3) is 22.2 Å². The van der Waals surface area contributed by atoms with E-state index in [1.807, 2.05) is 23.9 Å². The number of nitrogens with two attached hydrogens (primary N) is 1. The third kappa shape index (κ3) is 3.27. The van der Waals surface area contributed by atoms with Crippen LogP contribution in [0.4, 0.5) is 20.4 Å². The summed E-state index contributed by atoms with van der Waals surface area (Å²) in [7, 11) is 1.87. The first-order valence-corrected chi connectivity index (χ1v) is 9.69. The van der Waals surface area contributed by atoms with Crippen molar-refractivity contribution >= 4 is 28.6 Å². The number of hydrogen-bond acceptors (Lipinski definition) is 5. The highest BCUT2D eigenvalue weighted by Gasteiger charge is 2.32. The van der Waals surface area contributed by atoms with Gasteiger partial charge in [0.05, 0.1) is 5.39 Å². The van der Waals surface area contributed by atoms with E-state index in [0.29, 0.717) is 29.4 Å². The second-order valence-electron chi connectivity index (χ2n) is 7.62. The molecule has 4 aromatic rings. The highest BCUT2D eigenvalue weighted by atomic mass is 19.1. The number of carbonyl (C=O) groups excluding carboxylic acids is 1. The molecule has 0 bridgehead atoms. The van der Waals surface area contributed by atoms with Gasteiger partial charge in [0.15, 0.2) is 0 Å². The molecular weight excluding hydrogens is 402 g/mol. The molecule has 0 spiro atoms. The van der Waals surface area contributed by atoms with Crippen molar-refractivity contribution in [2.24, 2.45) is 7.05 Å². The molecule has 1 amide bonds. The van der Waals surface area contributed by atoms with Crippen molar-refractivity contribution in [1.82, 2.24) is 19.5 Å². The minimum absolute atomic E-state index is 0.141. The molecule has 1 aliphatic rings. The highest BCUT2D eigenvalue weighted by Crippen LogP contribution is 2.34. The van der Waals surface area contributed by atoms with E-state index in [9.17, 15) is 13.6 Å². The van der Waals surface area contributed by atoms with Gasteiger partial charge in [0.25, 0.3) is 0 Å². The molecular formula is C22H18F2N6O. The predicted octanol–water partition coefficient (Wildman–Crippen LogP) is 3.41. The number of nitrogens with zero attached hydrogens (tertiary/aromatic N) is 5. The lowest BCUT2D eigenvalue weighted by atomic mass is 9.98. The number of amides is 1. The molecule has 7 nitrogen and oxygen atoms in total. The van der Waals surface area contributed by atoms with E-state index in [-0.39, 0.29) is 18.2 Å². The van der Waals surface area contributed by atoms with Gasteiger partial charge in [0, 0.05) is 55.5 Å². The molecule has 1 fully saturated rings. The molecule has 1 unspecified atom stereocenters. The van der Waals surface area contributed by atoms with E-state index < -0.39 is 11.6 Å². The predicted molar refractivity (Wildman–Crippen MR) is 112 cm³/mol. The highest BCUT2D eigenvalue weighted by molar-refractivity contribution is 6.01. The van der Waals surface area contributed by atoms with Crippen LogP contribution in [0.5, 0.6) is 0 Å². The zero-order valence-electron chi connectivity index (χ0n) is 16.6. The van der Waals surface area contributed by atoms with Crippen molar-refractivity contribution in [3.63, 3.8) is 0 Å². The summed E-state index contributed by atoms with van der Waals surface area (Å²) in [6.45, 7) is 0.309. The molecule has 1 atom stereocenters. The summed E-state index contributed by atoms with van der Waals surface area (Å²) in [6, 6.07) is 6.97. The Bertz CT molecular complexity index is 1300. The summed E-state index contributed by atoms with van der Waals surface area (Å²) in [5, 5.41) is 0.741. The van der Waals surface area contributed by atoms with Crippen molar-refractivity contribution < 1.29 is 13.6 Å². The van der Waals surface area contributed by atoms with Gasteiger partial charge in [-0.2, -0.15) is 0 Å². The van der Waals surface area contributed by atoms with E-state index >= 15 is 0 Å². The number of carbonyl (C=O) groups is 1. The molecule has 31 heavy (non-hydrogen) atoms. The van der Waals surface area contributed by atoms with Crippen molar-refractivity contribution in [3.05, 3.63) is 66.3 Å². The minimum atomic E-state index is -0.651. The molecule has 0 radical (unpaired) electrons. The number of anilines is 2. The fourth-order valence-corrected chi connectivity index (χ4v) is 4.12. The number of hydrogen-bond donors (Lipinski definition) is 1. The summed E-state index contributed by atoms with van der Waals surface area (Å²) in [4.78, 5) is 26.9. The van der Waals surface area contributed by atoms with Gasteiger partial charge in [-0.15, -0.1) is 0 Å². The third-order valence-electron chi connectivity index (χ3n) is 5.60. The second kappa shape index (κ2) is 7.12. The van der Waals surface area contributed by atoms with E-state index in [4.69, 9.17) is 5.73 Å². The van der Waals surface area contributed by atoms with Gasteiger partial charge in [0.1, 0.15) is 35.2 Å². The maximum atomic E-state index is 13.6. The summed E-state index contributed by atoms with van der Waals surface area (Å²) in [6.07, 6.45) is 5.16. The van der Waals surface area contributed by atoms with E-state index in [1.165, 1.54) is 23.4 Å². The Hall–Kier alpha value is -3.88. The molecule has 5 rings (SSSR count). The van der Waals surface area contributed by atoms with Gasteiger partial charge in [-0.25, -0.2) is 23.7 Å². The number of rotatable bonds is 3. The molecule has 0 saturated carbocycles. The van der Waals surface area contributed by atoms with Crippen LogP contribution in [-0.2, 0) is 11.8 Å². The van der Waals surface area contributed by atoms with Crippen LogP contribution in [0, 0.1) is 11.6 Å². The van der Waals surface area contributed by atoms with Crippen molar-refractivity contribution in [2.45, 2.75) is 12.3 Å². The molecule has 2 N–H and O–H groups in total. The van der Waals surface area contributed by atoms with Gasteiger partial charge < -0.3 is 10.3 Å². The molecule has 9 heteroatoms. The lowest BCUT2D eigenvalue weighted by Crippen LogP contribution is -2.25. The lowest BCUT2D eigenvalue weighted by Gasteiger charge is -2.16. The van der Waals surface area contributed by atoms with Crippen LogP contribution in [0.2, 0.25) is 0 Å². The maximum Gasteiger partial charge on any atom is 0.228 e. The Balaban J connectivity index is 1.44. The second-order valence-corrected chi connectivity index (χ2v) is 7.62. The van der Waals surface area contributed by atoms with Crippen molar-refractivity contribution in [1.29, 1.82) is 0 Å². The SMILES string of the molecule is Cn1cc(-c2ccc(N3CC(c4cc(F)cc(F)c4)CC3=O)nc2)c2c(N)ncnc21. The Kier molecular flexibility index (Phi) is 4.39. The molecule has 1 aromatic carbocycles. The Morgan fingerprint density at radius 3 is 2.58 bits per heavy atom. The van der Waals surface area contributed by atoms with E-state index in [2.05, 4.69) is 15.0 Å². The fourth-order valence-electron chi connectivity index (χ4n) is 4.12. The van der Waals surface area contributed by atoms with Gasteiger partial charge in [-0.3, -0.25) is 9.69 Å². The summed E-state index contributed by atoms with van der Waals surface area (Å²) in [5.74, 6) is -0.877. The zero-order valence-corrected chi connectivity index (χ0v) is 16.6. The van der Waals surface area contributed by atoms with Crippen LogP contribution in [0.3, 0.4) is 0 Å². The minimum Gasteiger partial charge on any atom is -0.383 e.